The number of aromatic nitrogens is 4. The standard InChI is InChI=1S/C12H8F3N5/c13-12(14,15)8-2-1-3-17-11(8)7-4-10-18-6-9(16)20(10)19-5-7/h1-6H,16H2. The number of fused-ring (bicyclic) bond motifs is 1. The highest BCUT2D eigenvalue weighted by molar-refractivity contribution is 5.67. The molecule has 0 atom stereocenters. The summed E-state index contributed by atoms with van der Waals surface area (Å²) in [6.45, 7) is 0. The molecule has 0 radical (unpaired) electrons. The molecule has 0 aromatic carbocycles. The molecule has 2 N–H and O–H groups in total. The van der Waals surface area contributed by atoms with Crippen molar-refractivity contribution < 1.29 is 13.2 Å². The van der Waals surface area contributed by atoms with Gasteiger partial charge in [0, 0.05) is 11.8 Å². The van der Waals surface area contributed by atoms with Crippen LogP contribution in [0.3, 0.4) is 0 Å². The number of nitrogens with zero attached hydrogens (tertiary/aromatic N) is 4. The molecule has 0 aliphatic heterocycles. The first kappa shape index (κ1) is 12.4. The van der Waals surface area contributed by atoms with Crippen LogP contribution < -0.4 is 5.73 Å². The fraction of sp³-hybridized carbons (Fsp3) is 0.0833. The van der Waals surface area contributed by atoms with E-state index in [4.69, 9.17) is 5.73 Å². The minimum absolute atomic E-state index is 0.184. The largest absolute Gasteiger partial charge is 0.418 e. The molecule has 0 saturated heterocycles. The van der Waals surface area contributed by atoms with Crippen LogP contribution in [0.15, 0.2) is 36.8 Å². The summed E-state index contributed by atoms with van der Waals surface area (Å²) in [5.74, 6) is 0.309. The van der Waals surface area contributed by atoms with E-state index >= 15 is 0 Å². The number of anilines is 1. The summed E-state index contributed by atoms with van der Waals surface area (Å²) in [6, 6.07) is 3.68. The van der Waals surface area contributed by atoms with Gasteiger partial charge >= 0.3 is 6.18 Å². The number of hydrogen-bond acceptors (Lipinski definition) is 4. The minimum atomic E-state index is -4.48. The Morgan fingerprint density at radius 2 is 1.95 bits per heavy atom. The van der Waals surface area contributed by atoms with Gasteiger partial charge in [-0.05, 0) is 18.2 Å². The molecule has 0 bridgehead atoms. The van der Waals surface area contributed by atoms with E-state index < -0.39 is 11.7 Å². The van der Waals surface area contributed by atoms with Crippen LogP contribution in [0.5, 0.6) is 0 Å². The molecule has 0 aliphatic carbocycles. The van der Waals surface area contributed by atoms with Crippen molar-refractivity contribution in [3.05, 3.63) is 42.4 Å². The molecule has 0 saturated carbocycles. The molecule has 3 rings (SSSR count). The number of pyridine rings is 1. The second-order valence-electron chi connectivity index (χ2n) is 4.09. The van der Waals surface area contributed by atoms with Crippen LogP contribution in [-0.2, 0) is 6.18 Å². The summed E-state index contributed by atoms with van der Waals surface area (Å²) in [5, 5.41) is 3.96. The Morgan fingerprint density at radius 1 is 1.15 bits per heavy atom. The smallest absolute Gasteiger partial charge is 0.382 e. The van der Waals surface area contributed by atoms with Crippen LogP contribution in [0.2, 0.25) is 0 Å². The molecule has 0 fully saturated rings. The first-order valence-corrected chi connectivity index (χ1v) is 5.58. The maximum Gasteiger partial charge on any atom is 0.418 e. The zero-order valence-electron chi connectivity index (χ0n) is 9.96. The van der Waals surface area contributed by atoms with Crippen LogP contribution in [0.25, 0.3) is 16.9 Å². The Morgan fingerprint density at radius 3 is 2.70 bits per heavy atom. The average molecular weight is 279 g/mol. The van der Waals surface area contributed by atoms with Crippen molar-refractivity contribution in [1.29, 1.82) is 0 Å². The van der Waals surface area contributed by atoms with Gasteiger partial charge in [-0.25, -0.2) is 4.98 Å². The van der Waals surface area contributed by atoms with Crippen molar-refractivity contribution in [3.8, 4) is 11.3 Å². The molecule has 3 heterocycles. The Labute approximate surface area is 110 Å². The average Bonchev–Trinajstić information content (AvgIpc) is 2.79. The highest BCUT2D eigenvalue weighted by Crippen LogP contribution is 2.35. The molecular formula is C12H8F3N5. The Kier molecular flexibility index (Phi) is 2.60. The summed E-state index contributed by atoms with van der Waals surface area (Å²) < 4.78 is 40.2. The first-order chi connectivity index (χ1) is 9.47. The van der Waals surface area contributed by atoms with Gasteiger partial charge in [-0.15, -0.1) is 0 Å². The lowest BCUT2D eigenvalue weighted by Gasteiger charge is -2.11. The quantitative estimate of drug-likeness (QED) is 0.742. The molecule has 0 amide bonds. The van der Waals surface area contributed by atoms with E-state index in [1.54, 1.807) is 0 Å². The maximum absolute atomic E-state index is 13.0. The van der Waals surface area contributed by atoms with E-state index in [1.807, 2.05) is 0 Å². The summed E-state index contributed by atoms with van der Waals surface area (Å²) in [7, 11) is 0. The van der Waals surface area contributed by atoms with Crippen LogP contribution in [0, 0.1) is 0 Å². The lowest BCUT2D eigenvalue weighted by Crippen LogP contribution is -2.08. The van der Waals surface area contributed by atoms with E-state index in [0.717, 1.165) is 6.07 Å². The summed E-state index contributed by atoms with van der Waals surface area (Å²) in [6.07, 6.45) is -0.517. The molecule has 8 heteroatoms. The van der Waals surface area contributed by atoms with Crippen molar-refractivity contribution >= 4 is 11.5 Å². The second kappa shape index (κ2) is 4.19. The third-order valence-electron chi connectivity index (χ3n) is 2.77. The van der Waals surface area contributed by atoms with Gasteiger partial charge in [0.2, 0.25) is 0 Å². The molecule has 0 aliphatic rings. The van der Waals surface area contributed by atoms with E-state index in [2.05, 4.69) is 15.1 Å². The fourth-order valence-corrected chi connectivity index (χ4v) is 1.89. The number of nitrogens with two attached hydrogens (primary N) is 1. The number of rotatable bonds is 1. The number of imidazole rings is 1. The van der Waals surface area contributed by atoms with E-state index in [1.165, 1.54) is 35.2 Å². The number of hydrogen-bond donors (Lipinski definition) is 1. The van der Waals surface area contributed by atoms with Gasteiger partial charge in [-0.3, -0.25) is 4.98 Å². The maximum atomic E-state index is 13.0. The Hall–Kier alpha value is -2.64. The van der Waals surface area contributed by atoms with Gasteiger partial charge < -0.3 is 5.73 Å². The highest BCUT2D eigenvalue weighted by atomic mass is 19.4. The molecule has 5 nitrogen and oxygen atoms in total. The fourth-order valence-electron chi connectivity index (χ4n) is 1.89. The molecule has 3 aromatic heterocycles. The highest BCUT2D eigenvalue weighted by Gasteiger charge is 2.34. The third-order valence-corrected chi connectivity index (χ3v) is 2.77. The van der Waals surface area contributed by atoms with E-state index in [9.17, 15) is 13.2 Å². The summed E-state index contributed by atoms with van der Waals surface area (Å²) in [5.41, 5.74) is 5.20. The molecule has 3 aromatic rings. The molecule has 102 valence electrons. The minimum Gasteiger partial charge on any atom is -0.382 e. The van der Waals surface area contributed by atoms with Gasteiger partial charge in [-0.1, -0.05) is 0 Å². The van der Waals surface area contributed by atoms with Gasteiger partial charge in [0.05, 0.1) is 23.7 Å². The van der Waals surface area contributed by atoms with E-state index in [-0.39, 0.29) is 11.3 Å². The lowest BCUT2D eigenvalue weighted by molar-refractivity contribution is -0.137. The van der Waals surface area contributed by atoms with E-state index in [0.29, 0.717) is 11.5 Å². The van der Waals surface area contributed by atoms with Crippen molar-refractivity contribution in [1.82, 2.24) is 19.6 Å². The number of alkyl halides is 3. The van der Waals surface area contributed by atoms with Crippen molar-refractivity contribution in [2.24, 2.45) is 0 Å². The third kappa shape index (κ3) is 1.94. The molecule has 0 unspecified atom stereocenters. The van der Waals surface area contributed by atoms with Crippen LogP contribution in [0.4, 0.5) is 19.0 Å². The predicted octanol–water partition coefficient (Wildman–Crippen LogP) is 2.39. The van der Waals surface area contributed by atoms with Crippen molar-refractivity contribution in [2.75, 3.05) is 5.73 Å². The van der Waals surface area contributed by atoms with Gasteiger partial charge in [0.15, 0.2) is 5.65 Å². The molecule has 0 spiro atoms. The van der Waals surface area contributed by atoms with Gasteiger partial charge in [0.25, 0.3) is 0 Å². The molecular weight excluding hydrogens is 271 g/mol. The van der Waals surface area contributed by atoms with Gasteiger partial charge in [-0.2, -0.15) is 22.8 Å². The van der Waals surface area contributed by atoms with Crippen molar-refractivity contribution in [2.45, 2.75) is 6.18 Å². The van der Waals surface area contributed by atoms with Crippen LogP contribution >= 0.6 is 0 Å². The predicted molar refractivity (Wildman–Crippen MR) is 65.6 cm³/mol. The van der Waals surface area contributed by atoms with Gasteiger partial charge in [0.1, 0.15) is 5.82 Å². The topological polar surface area (TPSA) is 69.1 Å². The lowest BCUT2D eigenvalue weighted by atomic mass is 10.1. The SMILES string of the molecule is Nc1cnc2cc(-c3ncccc3C(F)(F)F)cnn12. The Balaban J connectivity index is 2.21. The zero-order chi connectivity index (χ0) is 14.3. The normalized spacial score (nSPS) is 11.9. The number of halogens is 3. The number of nitrogen functional groups attached to an aromatic ring is 1. The monoisotopic (exact) mass is 279 g/mol. The second-order valence-corrected chi connectivity index (χ2v) is 4.09. The first-order valence-electron chi connectivity index (χ1n) is 5.58. The summed E-state index contributed by atoms with van der Waals surface area (Å²) in [4.78, 5) is 7.76. The summed E-state index contributed by atoms with van der Waals surface area (Å²) >= 11 is 0. The van der Waals surface area contributed by atoms with Crippen LogP contribution in [0.1, 0.15) is 5.56 Å². The zero-order valence-corrected chi connectivity index (χ0v) is 9.96. The Bertz CT molecular complexity index is 778. The van der Waals surface area contributed by atoms with Crippen molar-refractivity contribution in [3.63, 3.8) is 0 Å². The molecule has 20 heavy (non-hydrogen) atoms. The van der Waals surface area contributed by atoms with Crippen LogP contribution in [-0.4, -0.2) is 19.6 Å².